The molecule has 1 aromatic carbocycles. The maximum atomic E-state index is 14.3. The number of halogens is 1. The lowest BCUT2D eigenvalue weighted by atomic mass is 10.1. The zero-order chi connectivity index (χ0) is 20.9. The van der Waals surface area contributed by atoms with E-state index < -0.39 is 0 Å². The van der Waals surface area contributed by atoms with Gasteiger partial charge < -0.3 is 4.57 Å². The number of benzene rings is 1. The van der Waals surface area contributed by atoms with Crippen LogP contribution in [0.4, 0.5) is 4.39 Å². The number of aryl methyl sites for hydroxylation is 1. The van der Waals surface area contributed by atoms with Crippen molar-refractivity contribution in [1.82, 2.24) is 19.4 Å². The van der Waals surface area contributed by atoms with Crippen molar-refractivity contribution >= 4 is 0 Å². The van der Waals surface area contributed by atoms with Gasteiger partial charge in [-0.1, -0.05) is 30.3 Å². The molecule has 0 aliphatic rings. The highest BCUT2D eigenvalue weighted by Gasteiger charge is 2.16. The van der Waals surface area contributed by atoms with Gasteiger partial charge in [-0.15, -0.1) is 0 Å². The molecule has 0 radical (unpaired) electrons. The molecule has 4 rings (SSSR count). The molecule has 152 valence electrons. The van der Waals surface area contributed by atoms with Gasteiger partial charge in [0.25, 0.3) is 0 Å². The highest BCUT2D eigenvalue weighted by Crippen LogP contribution is 2.23. The molecule has 0 aliphatic carbocycles. The molecule has 3 aromatic heterocycles. The lowest BCUT2D eigenvalue weighted by molar-refractivity contribution is 0.243. The Hall–Kier alpha value is -3.31. The Morgan fingerprint density at radius 3 is 2.40 bits per heavy atom. The van der Waals surface area contributed by atoms with E-state index in [4.69, 9.17) is 0 Å². The summed E-state index contributed by atoms with van der Waals surface area (Å²) in [5, 5.41) is 0. The quantitative estimate of drug-likeness (QED) is 0.426. The molecule has 0 atom stereocenters. The number of hydrogen-bond acceptors (Lipinski definition) is 3. The van der Waals surface area contributed by atoms with Crippen LogP contribution in [-0.4, -0.2) is 19.4 Å². The van der Waals surface area contributed by atoms with Crippen LogP contribution >= 0.6 is 0 Å². The predicted octanol–water partition coefficient (Wildman–Crippen LogP) is 5.23. The standard InChI is InChI=1S/C25H25FN4/c1-19-14-23(20(2)30(19)25-11-5-6-13-28-25)18-29(16-21-8-7-12-27-15-21)17-22-9-3-4-10-24(22)26/h3-15H,16-18H2,1-2H3. The molecule has 30 heavy (non-hydrogen) atoms. The van der Waals surface area contributed by atoms with E-state index in [1.54, 1.807) is 18.5 Å². The fourth-order valence-corrected chi connectivity index (χ4v) is 3.85. The average Bonchev–Trinajstić information content (AvgIpc) is 3.04. The SMILES string of the molecule is Cc1cc(CN(Cc2cccnc2)Cc2ccccc2F)c(C)n1-c1ccccn1. The zero-order valence-corrected chi connectivity index (χ0v) is 17.3. The Bertz CT molecular complexity index is 1110. The molecule has 0 aliphatic heterocycles. The van der Waals surface area contributed by atoms with Crippen LogP contribution in [0.15, 0.2) is 79.3 Å². The first-order chi connectivity index (χ1) is 14.6. The molecule has 0 bridgehead atoms. The Kier molecular flexibility index (Phi) is 6.00. The lowest BCUT2D eigenvalue weighted by Gasteiger charge is -2.23. The minimum absolute atomic E-state index is 0.173. The Morgan fingerprint density at radius 2 is 1.67 bits per heavy atom. The van der Waals surface area contributed by atoms with Crippen molar-refractivity contribution in [1.29, 1.82) is 0 Å². The van der Waals surface area contributed by atoms with Crippen LogP contribution in [0.1, 0.15) is 28.1 Å². The zero-order valence-electron chi connectivity index (χ0n) is 17.3. The van der Waals surface area contributed by atoms with Crippen molar-refractivity contribution in [2.24, 2.45) is 0 Å². The summed E-state index contributed by atoms with van der Waals surface area (Å²) in [4.78, 5) is 11.0. The van der Waals surface area contributed by atoms with Crippen molar-refractivity contribution in [3.63, 3.8) is 0 Å². The first kappa shape index (κ1) is 20.0. The minimum Gasteiger partial charge on any atom is -0.303 e. The van der Waals surface area contributed by atoms with Crippen LogP contribution in [0, 0.1) is 19.7 Å². The van der Waals surface area contributed by atoms with Crippen molar-refractivity contribution in [2.75, 3.05) is 0 Å². The van der Waals surface area contributed by atoms with Crippen molar-refractivity contribution in [3.05, 3.63) is 113 Å². The second kappa shape index (κ2) is 9.01. The maximum Gasteiger partial charge on any atom is 0.136 e. The van der Waals surface area contributed by atoms with Gasteiger partial charge >= 0.3 is 0 Å². The molecule has 3 heterocycles. The second-order valence-corrected chi connectivity index (χ2v) is 7.52. The minimum atomic E-state index is -0.173. The molecule has 0 saturated heterocycles. The van der Waals surface area contributed by atoms with E-state index in [0.717, 1.165) is 22.8 Å². The van der Waals surface area contributed by atoms with Gasteiger partial charge in [0.1, 0.15) is 11.6 Å². The molecule has 0 spiro atoms. The predicted molar refractivity (Wildman–Crippen MR) is 117 cm³/mol. The Morgan fingerprint density at radius 1 is 0.867 bits per heavy atom. The van der Waals surface area contributed by atoms with E-state index in [1.807, 2.05) is 42.6 Å². The average molecular weight is 401 g/mol. The van der Waals surface area contributed by atoms with Crippen LogP contribution in [0.2, 0.25) is 0 Å². The summed E-state index contributed by atoms with van der Waals surface area (Å²) in [5.74, 6) is 0.735. The number of nitrogens with zero attached hydrogens (tertiary/aromatic N) is 4. The molecule has 4 nitrogen and oxygen atoms in total. The summed E-state index contributed by atoms with van der Waals surface area (Å²) in [6.45, 7) is 6.12. The summed E-state index contributed by atoms with van der Waals surface area (Å²) < 4.78 is 16.5. The van der Waals surface area contributed by atoms with Crippen LogP contribution < -0.4 is 0 Å². The van der Waals surface area contributed by atoms with Crippen LogP contribution in [0.5, 0.6) is 0 Å². The van der Waals surface area contributed by atoms with Gasteiger partial charge in [0, 0.05) is 55.2 Å². The third-order valence-corrected chi connectivity index (χ3v) is 5.29. The smallest absolute Gasteiger partial charge is 0.136 e. The number of hydrogen-bond donors (Lipinski definition) is 0. The summed E-state index contributed by atoms with van der Waals surface area (Å²) in [5.41, 5.74) is 5.29. The van der Waals surface area contributed by atoms with Crippen LogP contribution in [-0.2, 0) is 19.6 Å². The van der Waals surface area contributed by atoms with E-state index in [1.165, 1.54) is 11.6 Å². The Labute approximate surface area is 176 Å². The maximum absolute atomic E-state index is 14.3. The largest absolute Gasteiger partial charge is 0.303 e. The third-order valence-electron chi connectivity index (χ3n) is 5.29. The van der Waals surface area contributed by atoms with Gasteiger partial charge in [0.05, 0.1) is 0 Å². The molecular weight excluding hydrogens is 375 g/mol. The number of rotatable bonds is 7. The van der Waals surface area contributed by atoms with Crippen molar-refractivity contribution < 1.29 is 4.39 Å². The molecule has 0 saturated carbocycles. The first-order valence-electron chi connectivity index (χ1n) is 10.1. The van der Waals surface area contributed by atoms with Gasteiger partial charge in [-0.3, -0.25) is 9.88 Å². The van der Waals surface area contributed by atoms with Crippen molar-refractivity contribution in [2.45, 2.75) is 33.5 Å². The fourth-order valence-electron chi connectivity index (χ4n) is 3.85. The first-order valence-corrected chi connectivity index (χ1v) is 10.1. The summed E-state index contributed by atoms with van der Waals surface area (Å²) in [6.07, 6.45) is 5.44. The normalized spacial score (nSPS) is 11.2. The van der Waals surface area contributed by atoms with Gasteiger partial charge in [0.15, 0.2) is 0 Å². The molecular formula is C25H25FN4. The van der Waals surface area contributed by atoms with E-state index >= 15 is 0 Å². The Balaban J connectivity index is 1.64. The third kappa shape index (κ3) is 4.47. The van der Waals surface area contributed by atoms with E-state index in [2.05, 4.69) is 45.4 Å². The van der Waals surface area contributed by atoms with Gasteiger partial charge in [-0.25, -0.2) is 9.37 Å². The van der Waals surface area contributed by atoms with E-state index in [0.29, 0.717) is 25.2 Å². The summed E-state index contributed by atoms with van der Waals surface area (Å²) in [7, 11) is 0. The molecule has 0 N–H and O–H groups in total. The van der Waals surface area contributed by atoms with E-state index in [9.17, 15) is 4.39 Å². The van der Waals surface area contributed by atoms with Gasteiger partial charge in [-0.05, 0) is 55.3 Å². The summed E-state index contributed by atoms with van der Waals surface area (Å²) >= 11 is 0. The van der Waals surface area contributed by atoms with Crippen molar-refractivity contribution in [3.8, 4) is 5.82 Å². The highest BCUT2D eigenvalue weighted by atomic mass is 19.1. The van der Waals surface area contributed by atoms with Gasteiger partial charge in [0.2, 0.25) is 0 Å². The molecule has 0 unspecified atom stereocenters. The highest BCUT2D eigenvalue weighted by molar-refractivity contribution is 5.36. The number of pyridine rings is 2. The monoisotopic (exact) mass is 400 g/mol. The lowest BCUT2D eigenvalue weighted by Crippen LogP contribution is -2.23. The molecule has 0 fully saturated rings. The van der Waals surface area contributed by atoms with Crippen LogP contribution in [0.3, 0.4) is 0 Å². The van der Waals surface area contributed by atoms with E-state index in [-0.39, 0.29) is 5.82 Å². The molecule has 5 heteroatoms. The fraction of sp³-hybridized carbons (Fsp3) is 0.200. The van der Waals surface area contributed by atoms with Gasteiger partial charge in [-0.2, -0.15) is 0 Å². The second-order valence-electron chi connectivity index (χ2n) is 7.52. The topological polar surface area (TPSA) is 34.0 Å². The van der Waals surface area contributed by atoms with Crippen LogP contribution in [0.25, 0.3) is 5.82 Å². The number of aromatic nitrogens is 3. The molecule has 0 amide bonds. The summed E-state index contributed by atoms with van der Waals surface area (Å²) in [6, 6.07) is 19.1. The molecule has 4 aromatic rings.